The average Bonchev–Trinajstić information content (AvgIpc) is 3.95. The Kier molecular flexibility index (Phi) is 8.04. The van der Waals surface area contributed by atoms with Crippen molar-refractivity contribution in [1.82, 2.24) is 14.7 Å². The van der Waals surface area contributed by atoms with Gasteiger partial charge in [0.2, 0.25) is 23.6 Å². The molecule has 276 valence electrons. The molecule has 54 heavy (non-hydrogen) atoms. The molecule has 0 radical (unpaired) electrons. The second-order valence-electron chi connectivity index (χ2n) is 15.1. The Morgan fingerprint density at radius 2 is 1.78 bits per heavy atom. The van der Waals surface area contributed by atoms with Gasteiger partial charge < -0.3 is 14.6 Å². The zero-order valence-electron chi connectivity index (χ0n) is 29.8. The van der Waals surface area contributed by atoms with E-state index in [1.807, 2.05) is 31.2 Å². The number of rotatable bonds is 7. The van der Waals surface area contributed by atoms with Crippen LogP contribution in [0.4, 0.5) is 5.82 Å². The number of hydrogen-bond donors (Lipinski definition) is 2. The van der Waals surface area contributed by atoms with Crippen LogP contribution in [0.1, 0.15) is 48.3 Å². The summed E-state index contributed by atoms with van der Waals surface area (Å²) >= 11 is 7.87. The highest BCUT2D eigenvalue weighted by Crippen LogP contribution is 2.63. The van der Waals surface area contributed by atoms with Gasteiger partial charge in [0.1, 0.15) is 35.4 Å². The number of amides is 4. The van der Waals surface area contributed by atoms with Gasteiger partial charge in [0.05, 0.1) is 34.0 Å². The number of carbonyl (C=O) groups is 4. The molecular formula is C41H37ClN4O7S. The highest BCUT2D eigenvalue weighted by atomic mass is 35.5. The summed E-state index contributed by atoms with van der Waals surface area (Å²) in [6.45, 7) is 3.65. The van der Waals surface area contributed by atoms with E-state index >= 15 is 0 Å². The fraction of sp³-hybridized carbons (Fsp3) is 0.341. The second-order valence-corrected chi connectivity index (χ2v) is 16.6. The van der Waals surface area contributed by atoms with E-state index in [4.69, 9.17) is 21.1 Å². The quantitative estimate of drug-likeness (QED) is 0.141. The minimum Gasteiger partial charge on any atom is -0.508 e. The highest BCUT2D eigenvalue weighted by molar-refractivity contribution is 7.22. The first-order valence-corrected chi connectivity index (χ1v) is 19.2. The summed E-state index contributed by atoms with van der Waals surface area (Å²) in [6.07, 6.45) is 2.94. The molecule has 2 aromatic carbocycles. The number of nitrogens with zero attached hydrogens (tertiary/aromatic N) is 4. The van der Waals surface area contributed by atoms with Crippen LogP contribution in [-0.2, 0) is 39.3 Å². The molecule has 9 rings (SSSR count). The molecule has 3 aromatic heterocycles. The lowest BCUT2D eigenvalue weighted by atomic mass is 9.52. The molecule has 2 saturated heterocycles. The van der Waals surface area contributed by atoms with E-state index in [-0.39, 0.29) is 37.1 Å². The Balaban J connectivity index is 1.09. The lowest BCUT2D eigenvalue weighted by Gasteiger charge is -2.48. The molecule has 2 aliphatic carbocycles. The van der Waals surface area contributed by atoms with Gasteiger partial charge in [0, 0.05) is 29.4 Å². The second kappa shape index (κ2) is 12.5. The molecule has 11 nitrogen and oxygen atoms in total. The van der Waals surface area contributed by atoms with Gasteiger partial charge in [-0.2, -0.15) is 5.10 Å². The number of benzene rings is 2. The number of aromatic nitrogens is 2. The molecule has 3 fully saturated rings. The molecule has 5 aromatic rings. The predicted molar refractivity (Wildman–Crippen MR) is 202 cm³/mol. The van der Waals surface area contributed by atoms with Crippen LogP contribution < -0.4 is 4.90 Å². The zero-order valence-corrected chi connectivity index (χ0v) is 31.4. The number of thiophene rings is 1. The third kappa shape index (κ3) is 4.99. The van der Waals surface area contributed by atoms with Gasteiger partial charge in [0.15, 0.2) is 0 Å². The number of halogens is 1. The molecule has 2 aliphatic heterocycles. The first-order chi connectivity index (χ1) is 25.9. The van der Waals surface area contributed by atoms with Gasteiger partial charge in [-0.3, -0.25) is 28.8 Å². The minimum absolute atomic E-state index is 0.137. The van der Waals surface area contributed by atoms with E-state index in [9.17, 15) is 29.4 Å². The molecule has 1 saturated carbocycles. The van der Waals surface area contributed by atoms with Gasteiger partial charge in [0.25, 0.3) is 0 Å². The number of hydrogen-bond acceptors (Lipinski definition) is 9. The summed E-state index contributed by atoms with van der Waals surface area (Å²) in [5, 5.41) is 26.1. The number of phenols is 1. The van der Waals surface area contributed by atoms with E-state index in [2.05, 4.69) is 0 Å². The zero-order chi connectivity index (χ0) is 37.8. The van der Waals surface area contributed by atoms with Crippen LogP contribution in [0, 0.1) is 36.0 Å². The monoisotopic (exact) mass is 764 g/mol. The van der Waals surface area contributed by atoms with Crippen LogP contribution in [0.5, 0.6) is 5.75 Å². The number of aliphatic hydroxyl groups excluding tert-OH is 1. The third-order valence-corrected chi connectivity index (χ3v) is 13.8. The summed E-state index contributed by atoms with van der Waals surface area (Å²) in [7, 11) is 1.71. The number of phenolic OH excluding ortho intramolecular Hbond substituents is 1. The summed E-state index contributed by atoms with van der Waals surface area (Å²) in [6, 6.07) is 17.6. The number of anilines is 1. The molecule has 4 amide bonds. The van der Waals surface area contributed by atoms with Gasteiger partial charge >= 0.3 is 0 Å². The maximum absolute atomic E-state index is 15.0. The van der Waals surface area contributed by atoms with Gasteiger partial charge in [-0.15, -0.1) is 11.3 Å². The maximum Gasteiger partial charge on any atom is 0.242 e. The van der Waals surface area contributed by atoms with Gasteiger partial charge in [-0.1, -0.05) is 35.4 Å². The number of aromatic hydroxyl groups is 1. The Hall–Kier alpha value is -5.04. The normalized spacial score (nSPS) is 26.5. The SMILES string of the molecule is Cc1c(-c2cc(N3C(=O)C4CC5C(=CCC6C(=O)N(CCc7ccc(O)cc7)C(=O)C65)C(c5ccc(CO)o5)C4(C)C3=O)n(C)n2)sc2ccc(Cl)cc12. The van der Waals surface area contributed by atoms with Crippen LogP contribution in [0.3, 0.4) is 0 Å². The van der Waals surface area contributed by atoms with Gasteiger partial charge in [-0.05, 0) is 98.0 Å². The van der Waals surface area contributed by atoms with Crippen molar-refractivity contribution in [2.24, 2.45) is 36.1 Å². The number of furan rings is 1. The molecule has 0 bridgehead atoms. The predicted octanol–water partition coefficient (Wildman–Crippen LogP) is 6.53. The molecule has 6 unspecified atom stereocenters. The standard InChI is InChI=1S/C41H37ClN4O7S/c1-20-27-16-22(42)6-13-32(27)54-36(20)30-18-33(44(3)43-30)46-38(50)29-17-28-25(35(41(29,2)40(46)52)31-12-9-24(19-47)53-31)10-11-26-34(28)39(51)45(37(26)49)15-14-21-4-7-23(48)8-5-21/h4-10,12-13,16,18,26,28-29,34-35,47-48H,11,14-15,17,19H2,1-3H3. The van der Waals surface area contributed by atoms with Crippen molar-refractivity contribution < 1.29 is 33.8 Å². The van der Waals surface area contributed by atoms with E-state index < -0.39 is 46.8 Å². The number of carbonyl (C=O) groups excluding carboxylic acids is 4. The maximum atomic E-state index is 15.0. The molecule has 4 aliphatic rings. The summed E-state index contributed by atoms with van der Waals surface area (Å²) in [5.74, 6) is -3.40. The van der Waals surface area contributed by atoms with Crippen molar-refractivity contribution in [3.05, 3.63) is 100.0 Å². The van der Waals surface area contributed by atoms with Crippen LogP contribution in [0.25, 0.3) is 20.7 Å². The highest BCUT2D eigenvalue weighted by Gasteiger charge is 2.68. The number of fused-ring (bicyclic) bond motifs is 5. The largest absolute Gasteiger partial charge is 0.508 e. The summed E-state index contributed by atoms with van der Waals surface area (Å²) < 4.78 is 8.75. The van der Waals surface area contributed by atoms with E-state index in [0.717, 1.165) is 31.7 Å². The van der Waals surface area contributed by atoms with Crippen molar-refractivity contribution in [2.45, 2.75) is 45.6 Å². The molecule has 0 spiro atoms. The molecule has 13 heteroatoms. The first kappa shape index (κ1) is 34.7. The number of aliphatic hydroxyl groups is 1. The lowest BCUT2D eigenvalue weighted by molar-refractivity contribution is -0.140. The van der Waals surface area contributed by atoms with Crippen LogP contribution in [0.2, 0.25) is 5.02 Å². The Morgan fingerprint density at radius 1 is 1.00 bits per heavy atom. The molecule has 2 N–H and O–H groups in total. The first-order valence-electron chi connectivity index (χ1n) is 18.0. The topological polar surface area (TPSA) is 146 Å². The van der Waals surface area contributed by atoms with E-state index in [0.29, 0.717) is 40.9 Å². The van der Waals surface area contributed by atoms with Crippen LogP contribution in [0.15, 0.2) is 76.7 Å². The molecule has 5 heterocycles. The lowest BCUT2D eigenvalue weighted by Crippen LogP contribution is -2.48. The van der Waals surface area contributed by atoms with Crippen LogP contribution >= 0.6 is 22.9 Å². The van der Waals surface area contributed by atoms with Crippen molar-refractivity contribution >= 4 is 62.5 Å². The van der Waals surface area contributed by atoms with Crippen molar-refractivity contribution in [3.8, 4) is 16.3 Å². The van der Waals surface area contributed by atoms with Crippen molar-refractivity contribution in [2.75, 3.05) is 11.4 Å². The number of imide groups is 2. The molecule has 6 atom stereocenters. The fourth-order valence-corrected chi connectivity index (χ4v) is 10.9. The summed E-state index contributed by atoms with van der Waals surface area (Å²) in [4.78, 5) is 61.4. The van der Waals surface area contributed by atoms with E-state index in [1.165, 1.54) is 9.80 Å². The number of allylic oxidation sites excluding steroid dienone is 2. The number of likely N-dealkylation sites (tertiary alicyclic amines) is 1. The summed E-state index contributed by atoms with van der Waals surface area (Å²) in [5.41, 5.74) is 2.02. The third-order valence-electron chi connectivity index (χ3n) is 12.3. The Labute approximate surface area is 319 Å². The van der Waals surface area contributed by atoms with Crippen molar-refractivity contribution in [3.63, 3.8) is 0 Å². The smallest absolute Gasteiger partial charge is 0.242 e. The van der Waals surface area contributed by atoms with Gasteiger partial charge in [-0.25, -0.2) is 4.90 Å². The van der Waals surface area contributed by atoms with E-state index in [1.54, 1.807) is 72.5 Å². The van der Waals surface area contributed by atoms with Crippen LogP contribution in [-0.4, -0.2) is 55.1 Å². The minimum atomic E-state index is -1.30. The average molecular weight is 765 g/mol. The Bertz CT molecular complexity index is 2450. The molecular weight excluding hydrogens is 728 g/mol. The van der Waals surface area contributed by atoms with Crippen molar-refractivity contribution in [1.29, 1.82) is 0 Å². The fourth-order valence-electron chi connectivity index (χ4n) is 9.57. The number of aryl methyl sites for hydroxylation is 2. The Morgan fingerprint density at radius 3 is 2.52 bits per heavy atom.